The van der Waals surface area contributed by atoms with E-state index in [0.717, 1.165) is 3.97 Å². The summed E-state index contributed by atoms with van der Waals surface area (Å²) in [6.07, 6.45) is 0.221. The fourth-order valence-electron chi connectivity index (χ4n) is 2.61. The lowest BCUT2D eigenvalue weighted by Crippen LogP contribution is -2.17. The van der Waals surface area contributed by atoms with Crippen LogP contribution < -0.4 is 0 Å². The molecule has 0 amide bonds. The molecule has 26 heavy (non-hydrogen) atoms. The Morgan fingerprint density at radius 1 is 1.00 bits per heavy atom. The van der Waals surface area contributed by atoms with Crippen LogP contribution in [-0.2, 0) is 14.8 Å². The number of aromatic nitrogens is 1. The average Bonchev–Trinajstić information content (AvgIpc) is 3.18. The van der Waals surface area contributed by atoms with Crippen LogP contribution in [0, 0.1) is 0 Å². The van der Waals surface area contributed by atoms with E-state index >= 15 is 0 Å². The fraction of sp³-hybridized carbons (Fsp3) is 0.105. The van der Waals surface area contributed by atoms with E-state index in [1.54, 1.807) is 42.5 Å². The number of methoxy groups -OCH3 is 1. The molecule has 0 bridgehead atoms. The zero-order chi connectivity index (χ0) is 18.7. The highest BCUT2D eigenvalue weighted by molar-refractivity contribution is 7.90. The van der Waals surface area contributed by atoms with Crippen LogP contribution in [0.1, 0.15) is 27.7 Å². The van der Waals surface area contributed by atoms with Gasteiger partial charge >= 0.3 is 5.97 Å². The molecule has 1 atom stereocenters. The Kier molecular flexibility index (Phi) is 4.92. The Bertz CT molecular complexity index is 1010. The van der Waals surface area contributed by atoms with Gasteiger partial charge in [0.25, 0.3) is 10.0 Å². The maximum Gasteiger partial charge on any atom is 0.337 e. The molecule has 1 unspecified atom stereocenters. The number of aliphatic hydroxyl groups excluding tert-OH is 1. The molecule has 2 aromatic carbocycles. The second-order valence-electron chi connectivity index (χ2n) is 5.56. The van der Waals surface area contributed by atoms with Crippen molar-refractivity contribution in [1.82, 2.24) is 3.97 Å². The first-order valence-corrected chi connectivity index (χ1v) is 9.23. The highest BCUT2D eigenvalue weighted by atomic mass is 32.2. The Morgan fingerprint density at radius 2 is 1.65 bits per heavy atom. The topological polar surface area (TPSA) is 85.6 Å². The van der Waals surface area contributed by atoms with Crippen LogP contribution in [0.3, 0.4) is 0 Å². The van der Waals surface area contributed by atoms with Gasteiger partial charge in [-0.15, -0.1) is 0 Å². The van der Waals surface area contributed by atoms with E-state index in [1.807, 2.05) is 0 Å². The van der Waals surface area contributed by atoms with Crippen molar-refractivity contribution in [3.8, 4) is 0 Å². The van der Waals surface area contributed by atoms with Crippen molar-refractivity contribution in [1.29, 1.82) is 0 Å². The number of rotatable bonds is 5. The molecule has 1 heterocycles. The highest BCUT2D eigenvalue weighted by Gasteiger charge is 2.23. The van der Waals surface area contributed by atoms with Gasteiger partial charge in [-0.3, -0.25) is 0 Å². The third-order valence-electron chi connectivity index (χ3n) is 3.97. The molecule has 7 heteroatoms. The van der Waals surface area contributed by atoms with Gasteiger partial charge in [-0.05, 0) is 42.0 Å². The van der Waals surface area contributed by atoms with Crippen molar-refractivity contribution in [2.45, 2.75) is 11.0 Å². The lowest BCUT2D eigenvalue weighted by atomic mass is 10.0. The van der Waals surface area contributed by atoms with E-state index in [0.29, 0.717) is 11.1 Å². The molecule has 134 valence electrons. The van der Waals surface area contributed by atoms with Crippen LogP contribution in [0.2, 0.25) is 0 Å². The van der Waals surface area contributed by atoms with Gasteiger partial charge in [0.05, 0.1) is 23.3 Å². The summed E-state index contributed by atoms with van der Waals surface area (Å²) in [5.74, 6) is -0.485. The smallest absolute Gasteiger partial charge is 0.337 e. The zero-order valence-electron chi connectivity index (χ0n) is 13.9. The predicted molar refractivity (Wildman–Crippen MR) is 95.3 cm³/mol. The first kappa shape index (κ1) is 17.9. The van der Waals surface area contributed by atoms with Gasteiger partial charge in [0, 0.05) is 6.20 Å². The Morgan fingerprint density at radius 3 is 2.27 bits per heavy atom. The average molecular weight is 371 g/mol. The number of carbonyl (C=O) groups is 1. The van der Waals surface area contributed by atoms with Crippen molar-refractivity contribution >= 4 is 16.0 Å². The monoisotopic (exact) mass is 371 g/mol. The molecule has 0 aliphatic heterocycles. The fourth-order valence-corrected chi connectivity index (χ4v) is 4.00. The van der Waals surface area contributed by atoms with Gasteiger partial charge in [-0.2, -0.15) is 0 Å². The lowest BCUT2D eigenvalue weighted by Gasteiger charge is -2.16. The van der Waals surface area contributed by atoms with Crippen molar-refractivity contribution in [3.63, 3.8) is 0 Å². The van der Waals surface area contributed by atoms with Crippen molar-refractivity contribution < 1.29 is 23.1 Å². The molecule has 0 aliphatic carbocycles. The second-order valence-corrected chi connectivity index (χ2v) is 7.38. The number of ether oxygens (including phenoxy) is 1. The summed E-state index contributed by atoms with van der Waals surface area (Å²) in [5.41, 5.74) is 1.01. The summed E-state index contributed by atoms with van der Waals surface area (Å²) in [6, 6.07) is 17.2. The van der Waals surface area contributed by atoms with Crippen LogP contribution in [0.25, 0.3) is 0 Å². The third-order valence-corrected chi connectivity index (χ3v) is 5.69. The normalized spacial score (nSPS) is 12.5. The Labute approximate surface area is 151 Å². The van der Waals surface area contributed by atoms with Gasteiger partial charge in [-0.1, -0.05) is 30.3 Å². The molecule has 0 radical (unpaired) electrons. The maximum absolute atomic E-state index is 12.8. The predicted octanol–water partition coefficient (Wildman–Crippen LogP) is 2.59. The third kappa shape index (κ3) is 3.26. The summed E-state index contributed by atoms with van der Waals surface area (Å²) >= 11 is 0. The summed E-state index contributed by atoms with van der Waals surface area (Å²) in [7, 11) is -2.54. The van der Waals surface area contributed by atoms with Gasteiger partial charge in [0.1, 0.15) is 6.10 Å². The first-order chi connectivity index (χ1) is 12.4. The quantitative estimate of drug-likeness (QED) is 0.697. The molecular weight excluding hydrogens is 354 g/mol. The number of benzene rings is 2. The number of hydrogen-bond acceptors (Lipinski definition) is 5. The SMILES string of the molecule is COC(=O)c1ccc(C(O)c2cccn2S(=O)(=O)c2ccccc2)cc1. The Balaban J connectivity index is 1.97. The van der Waals surface area contributed by atoms with Crippen LogP contribution in [-0.4, -0.2) is 30.6 Å². The second kappa shape index (κ2) is 7.15. The molecule has 3 rings (SSSR count). The molecule has 0 spiro atoms. The van der Waals surface area contributed by atoms with Crippen LogP contribution in [0.15, 0.2) is 77.8 Å². The van der Waals surface area contributed by atoms with Gasteiger partial charge in [0.2, 0.25) is 0 Å². The van der Waals surface area contributed by atoms with E-state index in [1.165, 1.54) is 37.6 Å². The largest absolute Gasteiger partial charge is 0.465 e. The van der Waals surface area contributed by atoms with Gasteiger partial charge in [0.15, 0.2) is 0 Å². The summed E-state index contributed by atoms with van der Waals surface area (Å²) < 4.78 is 31.3. The zero-order valence-corrected chi connectivity index (χ0v) is 14.8. The minimum Gasteiger partial charge on any atom is -0.465 e. The molecule has 1 aromatic heterocycles. The standard InChI is InChI=1S/C19H17NO5S/c1-25-19(22)15-11-9-14(10-12-15)18(21)17-8-5-13-20(17)26(23,24)16-6-3-2-4-7-16/h2-13,18,21H,1H3. The van der Waals surface area contributed by atoms with E-state index < -0.39 is 22.1 Å². The molecular formula is C19H17NO5S. The number of esters is 1. The molecule has 6 nitrogen and oxygen atoms in total. The van der Waals surface area contributed by atoms with E-state index in [2.05, 4.69) is 4.74 Å². The maximum atomic E-state index is 12.8. The van der Waals surface area contributed by atoms with E-state index in [4.69, 9.17) is 0 Å². The van der Waals surface area contributed by atoms with Gasteiger partial charge < -0.3 is 9.84 Å². The van der Waals surface area contributed by atoms with Crippen LogP contribution in [0.5, 0.6) is 0 Å². The number of aliphatic hydroxyl groups is 1. The summed E-state index contributed by atoms with van der Waals surface area (Å²) in [5, 5.41) is 10.7. The highest BCUT2D eigenvalue weighted by Crippen LogP contribution is 2.26. The summed E-state index contributed by atoms with van der Waals surface area (Å²) in [6.45, 7) is 0. The molecule has 0 fully saturated rings. The molecule has 3 aromatic rings. The number of carbonyl (C=O) groups excluding carboxylic acids is 1. The molecule has 0 aliphatic rings. The number of hydrogen-bond donors (Lipinski definition) is 1. The molecule has 0 saturated carbocycles. The number of nitrogens with zero attached hydrogens (tertiary/aromatic N) is 1. The van der Waals surface area contributed by atoms with Crippen LogP contribution >= 0.6 is 0 Å². The van der Waals surface area contributed by atoms with E-state index in [-0.39, 0.29) is 10.6 Å². The first-order valence-electron chi connectivity index (χ1n) is 7.79. The van der Waals surface area contributed by atoms with Crippen molar-refractivity contribution in [2.24, 2.45) is 0 Å². The van der Waals surface area contributed by atoms with E-state index in [9.17, 15) is 18.3 Å². The summed E-state index contributed by atoms with van der Waals surface area (Å²) in [4.78, 5) is 11.6. The molecule has 1 N–H and O–H groups in total. The molecule has 0 saturated heterocycles. The van der Waals surface area contributed by atoms with Crippen molar-refractivity contribution in [3.05, 3.63) is 89.7 Å². The minimum atomic E-state index is -3.82. The lowest BCUT2D eigenvalue weighted by molar-refractivity contribution is 0.0600. The Hall–Kier alpha value is -2.90. The van der Waals surface area contributed by atoms with Gasteiger partial charge in [-0.25, -0.2) is 17.2 Å². The minimum absolute atomic E-state index is 0.130. The van der Waals surface area contributed by atoms with Crippen molar-refractivity contribution in [2.75, 3.05) is 7.11 Å². The van der Waals surface area contributed by atoms with Crippen LogP contribution in [0.4, 0.5) is 0 Å².